The number of carbonyl (C=O) groups is 1. The summed E-state index contributed by atoms with van der Waals surface area (Å²) in [4.78, 5) is 11.6. The van der Waals surface area contributed by atoms with Crippen molar-refractivity contribution in [2.24, 2.45) is 0 Å². The summed E-state index contributed by atoms with van der Waals surface area (Å²) in [6, 6.07) is 7.37. The standard InChI is InChI=1S/C16H21N3O2/c1-4-11(2)19-8-7-14(18-19)10-21-16-6-5-13(17)9-15(16)12(3)20/h5-9,11H,4,10,17H2,1-3H3. The SMILES string of the molecule is CCC(C)n1ccc(COc2ccc(N)cc2C(C)=O)n1. The Morgan fingerprint density at radius 1 is 1.43 bits per heavy atom. The Labute approximate surface area is 124 Å². The van der Waals surface area contributed by atoms with E-state index in [4.69, 9.17) is 10.5 Å². The van der Waals surface area contributed by atoms with E-state index < -0.39 is 0 Å². The van der Waals surface area contributed by atoms with Crippen molar-refractivity contribution in [3.8, 4) is 5.75 Å². The van der Waals surface area contributed by atoms with Crippen LogP contribution in [0.5, 0.6) is 5.75 Å². The average molecular weight is 287 g/mol. The molecule has 2 rings (SSSR count). The number of hydrogen-bond acceptors (Lipinski definition) is 4. The van der Waals surface area contributed by atoms with Crippen LogP contribution >= 0.6 is 0 Å². The second-order valence-corrected chi connectivity index (χ2v) is 5.14. The van der Waals surface area contributed by atoms with Gasteiger partial charge in [0.15, 0.2) is 5.78 Å². The number of hydrogen-bond donors (Lipinski definition) is 1. The van der Waals surface area contributed by atoms with E-state index >= 15 is 0 Å². The molecule has 0 aliphatic rings. The number of aromatic nitrogens is 2. The zero-order valence-corrected chi connectivity index (χ0v) is 12.7. The molecule has 1 aromatic heterocycles. The number of ketones is 1. The molecule has 0 bridgehead atoms. The maximum atomic E-state index is 11.6. The Morgan fingerprint density at radius 2 is 2.19 bits per heavy atom. The van der Waals surface area contributed by atoms with Gasteiger partial charge in [-0.2, -0.15) is 5.10 Å². The van der Waals surface area contributed by atoms with Crippen LogP contribution in [-0.4, -0.2) is 15.6 Å². The molecule has 0 radical (unpaired) electrons. The number of nitrogen functional groups attached to an aromatic ring is 1. The van der Waals surface area contributed by atoms with Gasteiger partial charge in [-0.1, -0.05) is 6.92 Å². The Hall–Kier alpha value is -2.30. The minimum Gasteiger partial charge on any atom is -0.486 e. The van der Waals surface area contributed by atoms with Crippen molar-refractivity contribution < 1.29 is 9.53 Å². The molecule has 0 amide bonds. The topological polar surface area (TPSA) is 70.1 Å². The van der Waals surface area contributed by atoms with Gasteiger partial charge in [0.25, 0.3) is 0 Å². The van der Waals surface area contributed by atoms with Crippen LogP contribution < -0.4 is 10.5 Å². The molecule has 1 unspecified atom stereocenters. The normalized spacial score (nSPS) is 12.1. The number of rotatable bonds is 6. The van der Waals surface area contributed by atoms with Gasteiger partial charge in [0.05, 0.1) is 11.3 Å². The number of nitrogens with two attached hydrogens (primary N) is 1. The molecule has 1 heterocycles. The summed E-state index contributed by atoms with van der Waals surface area (Å²) in [6.07, 6.45) is 2.97. The van der Waals surface area contributed by atoms with Crippen LogP contribution in [0.4, 0.5) is 5.69 Å². The third kappa shape index (κ3) is 3.62. The van der Waals surface area contributed by atoms with Gasteiger partial charge in [-0.25, -0.2) is 0 Å². The van der Waals surface area contributed by atoms with E-state index in [1.807, 2.05) is 16.9 Å². The van der Waals surface area contributed by atoms with Gasteiger partial charge >= 0.3 is 0 Å². The van der Waals surface area contributed by atoms with Gasteiger partial charge in [-0.15, -0.1) is 0 Å². The average Bonchev–Trinajstić information content (AvgIpc) is 2.93. The van der Waals surface area contributed by atoms with Crippen LogP contribution in [0.1, 0.15) is 49.3 Å². The minimum atomic E-state index is -0.0672. The zero-order chi connectivity index (χ0) is 15.4. The monoisotopic (exact) mass is 287 g/mol. The maximum absolute atomic E-state index is 11.6. The lowest BCUT2D eigenvalue weighted by Crippen LogP contribution is -2.06. The predicted molar refractivity (Wildman–Crippen MR) is 82.4 cm³/mol. The lowest BCUT2D eigenvalue weighted by Gasteiger charge is -2.10. The summed E-state index contributed by atoms with van der Waals surface area (Å²) in [5.74, 6) is 0.470. The number of Topliss-reactive ketones (excluding diaryl/α,β-unsaturated/α-hetero) is 1. The van der Waals surface area contributed by atoms with E-state index in [1.54, 1.807) is 18.2 Å². The summed E-state index contributed by atoms with van der Waals surface area (Å²) in [6.45, 7) is 6.06. The van der Waals surface area contributed by atoms with Gasteiger partial charge in [0, 0.05) is 17.9 Å². The van der Waals surface area contributed by atoms with Crippen molar-refractivity contribution in [3.63, 3.8) is 0 Å². The molecule has 0 spiro atoms. The van der Waals surface area contributed by atoms with E-state index in [0.29, 0.717) is 29.6 Å². The van der Waals surface area contributed by atoms with Crippen molar-refractivity contribution in [1.29, 1.82) is 0 Å². The molecule has 2 aromatic rings. The first-order chi connectivity index (χ1) is 10.0. The molecule has 5 heteroatoms. The molecule has 112 valence electrons. The largest absolute Gasteiger partial charge is 0.486 e. The van der Waals surface area contributed by atoms with Crippen LogP contribution in [-0.2, 0) is 6.61 Å². The van der Waals surface area contributed by atoms with Crippen LogP contribution in [0.3, 0.4) is 0 Å². The van der Waals surface area contributed by atoms with Crippen LogP contribution in [0.2, 0.25) is 0 Å². The molecule has 1 atom stereocenters. The predicted octanol–water partition coefficient (Wildman–Crippen LogP) is 3.22. The lowest BCUT2D eigenvalue weighted by atomic mass is 10.1. The van der Waals surface area contributed by atoms with Crippen LogP contribution in [0, 0.1) is 0 Å². The van der Waals surface area contributed by atoms with E-state index in [9.17, 15) is 4.79 Å². The highest BCUT2D eigenvalue weighted by molar-refractivity contribution is 5.97. The molecule has 0 aliphatic carbocycles. The molecule has 2 N–H and O–H groups in total. The van der Waals surface area contributed by atoms with Crippen molar-refractivity contribution >= 4 is 11.5 Å². The number of benzene rings is 1. The minimum absolute atomic E-state index is 0.0672. The fourth-order valence-corrected chi connectivity index (χ4v) is 1.99. The zero-order valence-electron chi connectivity index (χ0n) is 12.7. The van der Waals surface area contributed by atoms with Gasteiger partial charge in [-0.05, 0) is 44.5 Å². The summed E-state index contributed by atoms with van der Waals surface area (Å²) < 4.78 is 7.64. The second kappa shape index (κ2) is 6.43. The molecule has 0 fully saturated rings. The summed E-state index contributed by atoms with van der Waals surface area (Å²) in [7, 11) is 0. The quantitative estimate of drug-likeness (QED) is 0.654. The molecular formula is C16H21N3O2. The van der Waals surface area contributed by atoms with E-state index in [2.05, 4.69) is 18.9 Å². The van der Waals surface area contributed by atoms with Gasteiger partial charge in [-0.3, -0.25) is 9.48 Å². The Bertz CT molecular complexity index is 634. The summed E-state index contributed by atoms with van der Waals surface area (Å²) in [5.41, 5.74) is 7.58. The van der Waals surface area contributed by atoms with E-state index in [1.165, 1.54) is 6.92 Å². The van der Waals surface area contributed by atoms with Crippen LogP contribution in [0.15, 0.2) is 30.5 Å². The van der Waals surface area contributed by atoms with Gasteiger partial charge in [0.1, 0.15) is 12.4 Å². The smallest absolute Gasteiger partial charge is 0.163 e. The van der Waals surface area contributed by atoms with Crippen molar-refractivity contribution in [2.45, 2.75) is 39.8 Å². The molecule has 21 heavy (non-hydrogen) atoms. The van der Waals surface area contributed by atoms with E-state index in [0.717, 1.165) is 12.1 Å². The first-order valence-corrected chi connectivity index (χ1v) is 7.08. The molecule has 0 aliphatic heterocycles. The van der Waals surface area contributed by atoms with Crippen molar-refractivity contribution in [1.82, 2.24) is 9.78 Å². The third-order valence-electron chi connectivity index (χ3n) is 3.46. The Balaban J connectivity index is 2.09. The maximum Gasteiger partial charge on any atom is 0.163 e. The van der Waals surface area contributed by atoms with Gasteiger partial charge in [0.2, 0.25) is 0 Å². The fourth-order valence-electron chi connectivity index (χ4n) is 1.99. The first kappa shape index (κ1) is 15.1. The number of carbonyl (C=O) groups excluding carboxylic acids is 1. The Morgan fingerprint density at radius 3 is 2.86 bits per heavy atom. The lowest BCUT2D eigenvalue weighted by molar-refractivity contribution is 0.101. The molecule has 0 saturated heterocycles. The molecule has 5 nitrogen and oxygen atoms in total. The highest BCUT2D eigenvalue weighted by Gasteiger charge is 2.10. The second-order valence-electron chi connectivity index (χ2n) is 5.14. The highest BCUT2D eigenvalue weighted by Crippen LogP contribution is 2.23. The first-order valence-electron chi connectivity index (χ1n) is 7.08. The fraction of sp³-hybridized carbons (Fsp3) is 0.375. The summed E-state index contributed by atoms with van der Waals surface area (Å²) in [5, 5.41) is 4.47. The number of ether oxygens (including phenoxy) is 1. The van der Waals surface area contributed by atoms with Crippen LogP contribution in [0.25, 0.3) is 0 Å². The third-order valence-corrected chi connectivity index (χ3v) is 3.46. The Kier molecular flexibility index (Phi) is 4.62. The number of nitrogens with zero attached hydrogens (tertiary/aromatic N) is 2. The summed E-state index contributed by atoms with van der Waals surface area (Å²) >= 11 is 0. The van der Waals surface area contributed by atoms with Crippen molar-refractivity contribution in [3.05, 3.63) is 41.7 Å². The molecule has 1 aromatic carbocycles. The van der Waals surface area contributed by atoms with Gasteiger partial charge < -0.3 is 10.5 Å². The molecule has 0 saturated carbocycles. The van der Waals surface area contributed by atoms with E-state index in [-0.39, 0.29) is 5.78 Å². The number of anilines is 1. The molecular weight excluding hydrogens is 266 g/mol. The van der Waals surface area contributed by atoms with Crippen molar-refractivity contribution in [2.75, 3.05) is 5.73 Å². The highest BCUT2D eigenvalue weighted by atomic mass is 16.5.